The maximum atomic E-state index is 5.10. The van der Waals surface area contributed by atoms with E-state index in [0.717, 1.165) is 77.7 Å². The fraction of sp³-hybridized carbons (Fsp3) is 0. The van der Waals surface area contributed by atoms with E-state index in [-0.39, 0.29) is 0 Å². The van der Waals surface area contributed by atoms with Crippen molar-refractivity contribution in [3.05, 3.63) is 195 Å². The van der Waals surface area contributed by atoms with E-state index in [1.165, 1.54) is 5.39 Å². The topological polar surface area (TPSA) is 77.3 Å². The first kappa shape index (κ1) is 32.9. The van der Waals surface area contributed by atoms with E-state index in [1.807, 2.05) is 54.9 Å². The highest BCUT2D eigenvalue weighted by Gasteiger charge is 2.15. The lowest BCUT2D eigenvalue weighted by Gasteiger charge is -2.12. The van der Waals surface area contributed by atoms with Crippen LogP contribution in [0, 0.1) is 0 Å². The predicted molar refractivity (Wildman–Crippen MR) is 226 cm³/mol. The number of pyridine rings is 3. The van der Waals surface area contributed by atoms with Gasteiger partial charge in [-0.25, -0.2) is 19.9 Å². The second-order valence-electron chi connectivity index (χ2n) is 13.6. The molecule has 0 atom stereocenters. The number of para-hydroxylation sites is 1. The summed E-state index contributed by atoms with van der Waals surface area (Å²) < 4.78 is 0. The minimum atomic E-state index is 0.608. The number of aromatic nitrogens is 6. The van der Waals surface area contributed by atoms with Crippen LogP contribution in [0.2, 0.25) is 0 Å². The Kier molecular flexibility index (Phi) is 8.39. The molecule has 0 N–H and O–H groups in total. The predicted octanol–water partition coefficient (Wildman–Crippen LogP) is 12.0. The minimum Gasteiger partial charge on any atom is -0.264 e. The minimum absolute atomic E-state index is 0.608. The normalized spacial score (nSPS) is 11.2. The average molecular weight is 717 g/mol. The largest absolute Gasteiger partial charge is 0.264 e. The van der Waals surface area contributed by atoms with Gasteiger partial charge in [0.25, 0.3) is 0 Å². The van der Waals surface area contributed by atoms with E-state index < -0.39 is 0 Å². The number of fused-ring (bicyclic) bond motifs is 3. The summed E-state index contributed by atoms with van der Waals surface area (Å²) in [4.78, 5) is 29.2. The molecule has 0 bridgehead atoms. The first-order valence-corrected chi connectivity index (χ1v) is 18.5. The maximum absolute atomic E-state index is 5.10. The van der Waals surface area contributed by atoms with Crippen LogP contribution in [0.1, 0.15) is 0 Å². The van der Waals surface area contributed by atoms with Gasteiger partial charge in [0.1, 0.15) is 0 Å². The summed E-state index contributed by atoms with van der Waals surface area (Å²) in [5.74, 6) is 1.84. The smallest absolute Gasteiger partial charge is 0.164 e. The summed E-state index contributed by atoms with van der Waals surface area (Å²) in [7, 11) is 0. The van der Waals surface area contributed by atoms with Crippen molar-refractivity contribution in [3.8, 4) is 78.9 Å². The quantitative estimate of drug-likeness (QED) is 0.153. The Morgan fingerprint density at radius 3 is 1.55 bits per heavy atom. The molecule has 10 aromatic rings. The van der Waals surface area contributed by atoms with E-state index in [1.54, 1.807) is 6.20 Å². The third-order valence-electron chi connectivity index (χ3n) is 10.1. The molecule has 0 saturated carbocycles. The van der Waals surface area contributed by atoms with Crippen LogP contribution in [0.5, 0.6) is 0 Å². The highest BCUT2D eigenvalue weighted by Crippen LogP contribution is 2.35. The van der Waals surface area contributed by atoms with Crippen molar-refractivity contribution in [1.29, 1.82) is 0 Å². The Bertz CT molecular complexity index is 3020. The van der Waals surface area contributed by atoms with Crippen LogP contribution in [0.15, 0.2) is 195 Å². The fourth-order valence-electron chi connectivity index (χ4n) is 7.25. The molecule has 6 nitrogen and oxygen atoms in total. The van der Waals surface area contributed by atoms with Crippen molar-refractivity contribution in [2.24, 2.45) is 0 Å². The van der Waals surface area contributed by atoms with E-state index in [2.05, 4.69) is 138 Å². The maximum Gasteiger partial charge on any atom is 0.164 e. The molecule has 0 spiro atoms. The van der Waals surface area contributed by atoms with E-state index >= 15 is 0 Å². The summed E-state index contributed by atoms with van der Waals surface area (Å²) in [6.07, 6.45) is 5.52. The molecular weight excluding hydrogens is 685 g/mol. The highest BCUT2D eigenvalue weighted by atomic mass is 15.0. The van der Waals surface area contributed by atoms with Crippen LogP contribution in [0.25, 0.3) is 101 Å². The molecule has 10 rings (SSSR count). The van der Waals surface area contributed by atoms with Crippen molar-refractivity contribution in [1.82, 2.24) is 29.9 Å². The molecule has 0 amide bonds. The summed E-state index contributed by atoms with van der Waals surface area (Å²) in [5, 5.41) is 3.39. The van der Waals surface area contributed by atoms with E-state index in [4.69, 9.17) is 24.9 Å². The van der Waals surface area contributed by atoms with Gasteiger partial charge in [-0.05, 0) is 75.2 Å². The van der Waals surface area contributed by atoms with Gasteiger partial charge in [0.2, 0.25) is 0 Å². The Morgan fingerprint density at radius 2 is 0.839 bits per heavy atom. The Labute approximate surface area is 324 Å². The molecule has 4 aromatic heterocycles. The van der Waals surface area contributed by atoms with Gasteiger partial charge in [-0.15, -0.1) is 0 Å². The summed E-state index contributed by atoms with van der Waals surface area (Å²) in [5.41, 5.74) is 11.8. The first-order chi connectivity index (χ1) is 27.7. The number of nitrogens with zero attached hydrogens (tertiary/aromatic N) is 6. The van der Waals surface area contributed by atoms with Gasteiger partial charge in [-0.3, -0.25) is 9.97 Å². The van der Waals surface area contributed by atoms with Crippen molar-refractivity contribution < 1.29 is 0 Å². The number of hydrogen-bond acceptors (Lipinski definition) is 6. The van der Waals surface area contributed by atoms with Gasteiger partial charge in [0, 0.05) is 46.1 Å². The average Bonchev–Trinajstić information content (AvgIpc) is 3.29. The third kappa shape index (κ3) is 6.35. The molecule has 0 aliphatic rings. The summed E-state index contributed by atoms with van der Waals surface area (Å²) in [6.45, 7) is 0. The van der Waals surface area contributed by atoms with Crippen LogP contribution >= 0.6 is 0 Å². The van der Waals surface area contributed by atoms with Gasteiger partial charge in [0.15, 0.2) is 17.5 Å². The lowest BCUT2D eigenvalue weighted by atomic mass is 9.97. The zero-order valence-corrected chi connectivity index (χ0v) is 30.2. The monoisotopic (exact) mass is 716 g/mol. The second kappa shape index (κ2) is 14.3. The van der Waals surface area contributed by atoms with Crippen molar-refractivity contribution in [3.63, 3.8) is 0 Å². The van der Waals surface area contributed by atoms with Crippen molar-refractivity contribution in [2.45, 2.75) is 0 Å². The Hall–Kier alpha value is -7.70. The molecule has 0 aliphatic carbocycles. The lowest BCUT2D eigenvalue weighted by Crippen LogP contribution is -2.00. The summed E-state index contributed by atoms with van der Waals surface area (Å²) in [6, 6.07) is 60.2. The molecule has 0 aliphatic heterocycles. The zero-order chi connectivity index (χ0) is 37.3. The Morgan fingerprint density at radius 1 is 0.304 bits per heavy atom. The number of rotatable bonds is 7. The Balaban J connectivity index is 1.01. The molecule has 6 heteroatoms. The first-order valence-electron chi connectivity index (χ1n) is 18.5. The molecule has 4 heterocycles. The second-order valence-corrected chi connectivity index (χ2v) is 13.6. The van der Waals surface area contributed by atoms with Crippen LogP contribution in [0.3, 0.4) is 0 Å². The van der Waals surface area contributed by atoms with Crippen LogP contribution < -0.4 is 0 Å². The molecule has 56 heavy (non-hydrogen) atoms. The SMILES string of the molecule is c1ccc(-c2nc(-c3ccc(-c4cccnc4)cc3)nc(-c3cccc(-c4cccc(-c5ccnc(-c6nc7ccccc7c7ccccc67)c5)c4)c3)n2)cc1. The molecule has 0 unspecified atom stereocenters. The van der Waals surface area contributed by atoms with Gasteiger partial charge in [-0.1, -0.05) is 140 Å². The summed E-state index contributed by atoms with van der Waals surface area (Å²) >= 11 is 0. The molecule has 262 valence electrons. The highest BCUT2D eigenvalue weighted by molar-refractivity contribution is 6.10. The van der Waals surface area contributed by atoms with Gasteiger partial charge in [-0.2, -0.15) is 0 Å². The zero-order valence-electron chi connectivity index (χ0n) is 30.2. The van der Waals surface area contributed by atoms with Gasteiger partial charge >= 0.3 is 0 Å². The number of hydrogen-bond donors (Lipinski definition) is 0. The van der Waals surface area contributed by atoms with Crippen molar-refractivity contribution in [2.75, 3.05) is 0 Å². The van der Waals surface area contributed by atoms with E-state index in [0.29, 0.717) is 17.5 Å². The third-order valence-corrected chi connectivity index (χ3v) is 10.1. The standard InChI is InChI=1S/C50H32N6/c1-2-11-34(12-3-1)48-54-49(35-24-22-33(23-25-35)41-17-10-27-51-32-41)56-50(55-48)40-16-9-15-38(30-40)36-13-8-14-37(29-36)39-26-28-52-46(31-39)47-44-20-5-4-18-42(44)43-19-6-7-21-45(43)53-47/h1-32H. The van der Waals surface area contributed by atoms with E-state index in [9.17, 15) is 0 Å². The fourth-order valence-corrected chi connectivity index (χ4v) is 7.25. The van der Waals surface area contributed by atoms with Gasteiger partial charge in [0.05, 0.1) is 16.9 Å². The molecule has 0 fully saturated rings. The van der Waals surface area contributed by atoms with Gasteiger partial charge < -0.3 is 0 Å². The molecule has 6 aromatic carbocycles. The lowest BCUT2D eigenvalue weighted by molar-refractivity contribution is 1.07. The molecule has 0 radical (unpaired) electrons. The van der Waals surface area contributed by atoms with Crippen molar-refractivity contribution >= 4 is 21.7 Å². The van der Waals surface area contributed by atoms with Crippen LogP contribution in [-0.2, 0) is 0 Å². The number of benzene rings is 6. The van der Waals surface area contributed by atoms with Crippen LogP contribution in [-0.4, -0.2) is 29.9 Å². The molecule has 0 saturated heterocycles. The molecular formula is C50H32N6. The van der Waals surface area contributed by atoms with Crippen LogP contribution in [0.4, 0.5) is 0 Å².